The summed E-state index contributed by atoms with van der Waals surface area (Å²) in [6, 6.07) is 12.0. The molecule has 5 rings (SSSR count). The van der Waals surface area contributed by atoms with Crippen LogP contribution >= 0.6 is 0 Å². The molecular formula is C24H17F2N7O. The van der Waals surface area contributed by atoms with Crippen LogP contribution < -0.4 is 10.6 Å². The molecular weight excluding hydrogens is 440 g/mol. The van der Waals surface area contributed by atoms with Crippen molar-refractivity contribution in [2.75, 3.05) is 10.6 Å². The number of aryl methyl sites for hydroxylation is 1. The summed E-state index contributed by atoms with van der Waals surface area (Å²) in [5.74, 6) is -1.38. The average molecular weight is 457 g/mol. The predicted molar refractivity (Wildman–Crippen MR) is 124 cm³/mol. The molecule has 0 aliphatic carbocycles. The summed E-state index contributed by atoms with van der Waals surface area (Å²) in [5.41, 5.74) is 2.61. The Hall–Kier alpha value is -4.73. The van der Waals surface area contributed by atoms with Gasteiger partial charge in [-0.2, -0.15) is 0 Å². The molecule has 0 atom stereocenters. The number of amides is 1. The van der Waals surface area contributed by atoms with Crippen molar-refractivity contribution in [2.24, 2.45) is 0 Å². The molecule has 10 heteroatoms. The Kier molecular flexibility index (Phi) is 5.38. The Morgan fingerprint density at radius 3 is 2.68 bits per heavy atom. The molecule has 1 amide bonds. The maximum Gasteiger partial charge on any atom is 0.255 e. The van der Waals surface area contributed by atoms with Crippen molar-refractivity contribution < 1.29 is 13.6 Å². The number of pyridine rings is 1. The van der Waals surface area contributed by atoms with E-state index in [0.29, 0.717) is 28.2 Å². The number of hydrogen-bond donors (Lipinski definition) is 3. The number of nitrogens with one attached hydrogen (secondary N) is 3. The Morgan fingerprint density at radius 2 is 1.82 bits per heavy atom. The van der Waals surface area contributed by atoms with E-state index in [9.17, 15) is 9.18 Å². The normalized spacial score (nSPS) is 10.9. The van der Waals surface area contributed by atoms with E-state index in [-0.39, 0.29) is 22.5 Å². The van der Waals surface area contributed by atoms with Crippen molar-refractivity contribution in [3.05, 3.63) is 90.1 Å². The van der Waals surface area contributed by atoms with Crippen LogP contribution in [0.5, 0.6) is 0 Å². The Morgan fingerprint density at radius 1 is 0.971 bits per heavy atom. The monoisotopic (exact) mass is 457 g/mol. The summed E-state index contributed by atoms with van der Waals surface area (Å²) < 4.78 is 29.0. The van der Waals surface area contributed by atoms with E-state index in [0.717, 1.165) is 0 Å². The number of anilines is 3. The fraction of sp³-hybridized carbons (Fsp3) is 0.0417. The quantitative estimate of drug-likeness (QED) is 0.343. The molecule has 0 spiro atoms. The van der Waals surface area contributed by atoms with Crippen LogP contribution in [0.1, 0.15) is 15.9 Å². The highest BCUT2D eigenvalue weighted by Crippen LogP contribution is 2.32. The minimum absolute atomic E-state index is 0.0304. The highest BCUT2D eigenvalue weighted by molar-refractivity contribution is 6.05. The van der Waals surface area contributed by atoms with Crippen molar-refractivity contribution >= 4 is 34.3 Å². The SMILES string of the molecule is Cc1cc(C(=O)Nc2ccccc2F)cc(Nc2ncccc2-c2ncnc3[nH]cnc23)c1F. The van der Waals surface area contributed by atoms with E-state index in [1.54, 1.807) is 24.4 Å². The number of hydrogen-bond acceptors (Lipinski definition) is 6. The molecule has 0 aliphatic rings. The fourth-order valence-electron chi connectivity index (χ4n) is 3.53. The maximum atomic E-state index is 15.0. The number of rotatable bonds is 5. The number of carbonyl (C=O) groups excluding carboxylic acids is 1. The lowest BCUT2D eigenvalue weighted by Gasteiger charge is -2.14. The van der Waals surface area contributed by atoms with Crippen LogP contribution in [0.15, 0.2) is 67.4 Å². The summed E-state index contributed by atoms with van der Waals surface area (Å²) in [4.78, 5) is 32.8. The molecule has 34 heavy (non-hydrogen) atoms. The zero-order valence-corrected chi connectivity index (χ0v) is 17.8. The molecule has 5 aromatic rings. The van der Waals surface area contributed by atoms with Crippen LogP contribution in [-0.4, -0.2) is 30.8 Å². The van der Waals surface area contributed by atoms with Crippen LogP contribution in [0.2, 0.25) is 0 Å². The number of benzene rings is 2. The van der Waals surface area contributed by atoms with Gasteiger partial charge >= 0.3 is 0 Å². The number of halogens is 2. The lowest BCUT2D eigenvalue weighted by Crippen LogP contribution is -2.14. The molecule has 3 aromatic heterocycles. The second-order valence-electron chi connectivity index (χ2n) is 7.44. The lowest BCUT2D eigenvalue weighted by molar-refractivity contribution is 0.102. The number of imidazole rings is 1. The second-order valence-corrected chi connectivity index (χ2v) is 7.44. The number of fused-ring (bicyclic) bond motifs is 1. The number of carbonyl (C=O) groups is 1. The van der Waals surface area contributed by atoms with Gasteiger partial charge in [0.15, 0.2) is 5.65 Å². The predicted octanol–water partition coefficient (Wildman–Crippen LogP) is 5.00. The Bertz CT molecular complexity index is 1530. The lowest BCUT2D eigenvalue weighted by atomic mass is 10.1. The van der Waals surface area contributed by atoms with Crippen LogP contribution in [0, 0.1) is 18.6 Å². The molecule has 0 aliphatic heterocycles. The number of para-hydroxylation sites is 1. The van der Waals surface area contributed by atoms with Gasteiger partial charge in [0.1, 0.15) is 35.0 Å². The van der Waals surface area contributed by atoms with Gasteiger partial charge in [0.25, 0.3) is 5.91 Å². The van der Waals surface area contributed by atoms with E-state index >= 15 is 4.39 Å². The van der Waals surface area contributed by atoms with E-state index in [1.807, 2.05) is 0 Å². The van der Waals surface area contributed by atoms with E-state index < -0.39 is 17.5 Å². The first-order valence-corrected chi connectivity index (χ1v) is 10.2. The summed E-state index contributed by atoms with van der Waals surface area (Å²) in [6.07, 6.45) is 4.45. The van der Waals surface area contributed by atoms with Gasteiger partial charge in [-0.05, 0) is 48.9 Å². The number of H-pyrrole nitrogens is 1. The third-order valence-electron chi connectivity index (χ3n) is 5.17. The third-order valence-corrected chi connectivity index (χ3v) is 5.17. The molecule has 0 fully saturated rings. The van der Waals surface area contributed by atoms with Crippen LogP contribution in [-0.2, 0) is 0 Å². The first-order valence-electron chi connectivity index (χ1n) is 10.2. The van der Waals surface area contributed by atoms with Gasteiger partial charge in [-0.1, -0.05) is 12.1 Å². The van der Waals surface area contributed by atoms with Crippen LogP contribution in [0.3, 0.4) is 0 Å². The second kappa shape index (κ2) is 8.66. The Balaban J connectivity index is 1.51. The van der Waals surface area contributed by atoms with Gasteiger partial charge < -0.3 is 15.6 Å². The molecule has 168 valence electrons. The molecule has 2 aromatic carbocycles. The van der Waals surface area contributed by atoms with Crippen LogP contribution in [0.25, 0.3) is 22.4 Å². The molecule has 8 nitrogen and oxygen atoms in total. The van der Waals surface area contributed by atoms with Gasteiger partial charge in [0, 0.05) is 17.3 Å². The van der Waals surface area contributed by atoms with Crippen LogP contribution in [0.4, 0.5) is 26.0 Å². The first-order chi connectivity index (χ1) is 16.5. The Labute approximate surface area is 192 Å². The third kappa shape index (κ3) is 3.92. The number of nitrogens with zero attached hydrogens (tertiary/aromatic N) is 4. The largest absolute Gasteiger partial charge is 0.337 e. The minimum atomic E-state index is -0.577. The van der Waals surface area contributed by atoms with Crippen molar-refractivity contribution in [2.45, 2.75) is 6.92 Å². The van der Waals surface area contributed by atoms with Gasteiger partial charge in [0.05, 0.1) is 17.7 Å². The summed E-state index contributed by atoms with van der Waals surface area (Å²) in [6.45, 7) is 1.54. The zero-order valence-electron chi connectivity index (χ0n) is 17.8. The van der Waals surface area contributed by atoms with Gasteiger partial charge in [-0.25, -0.2) is 28.7 Å². The molecule has 3 N–H and O–H groups in total. The van der Waals surface area contributed by atoms with Gasteiger partial charge in [0.2, 0.25) is 0 Å². The number of aromatic amines is 1. The topological polar surface area (TPSA) is 108 Å². The maximum absolute atomic E-state index is 15.0. The standard InChI is InChI=1S/C24H17F2N7O/c1-13-9-14(24(34)33-17-7-3-2-6-16(17)25)10-18(19(13)26)32-22-15(5-4-8-27-22)20-21-23(30-11-28-20)31-12-29-21/h2-12H,1H3,(H,27,32)(H,33,34)(H,28,29,30,31). The molecule has 0 unspecified atom stereocenters. The molecule has 3 heterocycles. The highest BCUT2D eigenvalue weighted by atomic mass is 19.1. The fourth-order valence-corrected chi connectivity index (χ4v) is 3.53. The summed E-state index contributed by atoms with van der Waals surface area (Å²) >= 11 is 0. The molecule has 0 bridgehead atoms. The molecule has 0 radical (unpaired) electrons. The van der Waals surface area contributed by atoms with E-state index in [1.165, 1.54) is 49.9 Å². The van der Waals surface area contributed by atoms with Crippen molar-refractivity contribution in [1.29, 1.82) is 0 Å². The molecule has 0 saturated heterocycles. The van der Waals surface area contributed by atoms with Gasteiger partial charge in [-0.15, -0.1) is 0 Å². The van der Waals surface area contributed by atoms with Crippen molar-refractivity contribution in [3.63, 3.8) is 0 Å². The van der Waals surface area contributed by atoms with Crippen molar-refractivity contribution in [1.82, 2.24) is 24.9 Å². The van der Waals surface area contributed by atoms with E-state index in [2.05, 4.69) is 35.6 Å². The summed E-state index contributed by atoms with van der Waals surface area (Å²) in [7, 11) is 0. The zero-order chi connectivity index (χ0) is 23.7. The number of aromatic nitrogens is 5. The molecule has 0 saturated carbocycles. The average Bonchev–Trinajstić information content (AvgIpc) is 3.33. The summed E-state index contributed by atoms with van der Waals surface area (Å²) in [5, 5.41) is 5.48. The van der Waals surface area contributed by atoms with Gasteiger partial charge in [-0.3, -0.25) is 4.79 Å². The first kappa shape index (κ1) is 21.1. The van der Waals surface area contributed by atoms with Crippen molar-refractivity contribution in [3.8, 4) is 11.3 Å². The minimum Gasteiger partial charge on any atom is -0.337 e. The highest BCUT2D eigenvalue weighted by Gasteiger charge is 2.18. The van der Waals surface area contributed by atoms with E-state index in [4.69, 9.17) is 0 Å². The smallest absolute Gasteiger partial charge is 0.255 e.